The second-order valence-corrected chi connectivity index (χ2v) is 5.93. The summed E-state index contributed by atoms with van der Waals surface area (Å²) in [5.74, 6) is -0.245. The van der Waals surface area contributed by atoms with Gasteiger partial charge in [-0.25, -0.2) is 9.37 Å². The minimum atomic E-state index is -0.361. The highest BCUT2D eigenvalue weighted by atomic mass is 19.1. The Morgan fingerprint density at radius 1 is 1.20 bits per heavy atom. The number of pyridine rings is 1. The number of aromatic nitrogens is 1. The highest BCUT2D eigenvalue weighted by Gasteiger charge is 2.17. The molecule has 0 aliphatic carbocycles. The maximum Gasteiger partial charge on any atom is 0.270 e. The average molecular weight is 338 g/mol. The Balaban J connectivity index is 1.96. The van der Waals surface area contributed by atoms with Crippen molar-refractivity contribution in [1.82, 2.24) is 10.3 Å². The fraction of sp³-hybridized carbons (Fsp3) is 0.200. The van der Waals surface area contributed by atoms with E-state index in [9.17, 15) is 9.18 Å². The van der Waals surface area contributed by atoms with E-state index in [0.717, 1.165) is 5.56 Å². The van der Waals surface area contributed by atoms with Gasteiger partial charge in [0.15, 0.2) is 0 Å². The summed E-state index contributed by atoms with van der Waals surface area (Å²) in [6.45, 7) is 3.66. The Morgan fingerprint density at radius 2 is 1.92 bits per heavy atom. The Labute approximate surface area is 145 Å². The van der Waals surface area contributed by atoms with Crippen LogP contribution in [0.5, 0.6) is 5.75 Å². The summed E-state index contributed by atoms with van der Waals surface area (Å²) in [6.07, 6.45) is 0. The van der Waals surface area contributed by atoms with Crippen molar-refractivity contribution in [2.24, 2.45) is 0 Å². The largest absolute Gasteiger partial charge is 0.496 e. The zero-order chi connectivity index (χ0) is 18.0. The summed E-state index contributed by atoms with van der Waals surface area (Å²) < 4.78 is 19.0. The first-order chi connectivity index (χ1) is 12.0. The molecule has 0 aliphatic rings. The van der Waals surface area contributed by atoms with Crippen molar-refractivity contribution in [3.05, 3.63) is 71.2 Å². The monoisotopic (exact) mass is 338 g/mol. The first-order valence-corrected chi connectivity index (χ1v) is 8.00. The number of hydrogen-bond donors (Lipinski definition) is 1. The third-order valence-electron chi connectivity index (χ3n) is 4.13. The molecular formula is C20H19FN2O2. The highest BCUT2D eigenvalue weighted by Crippen LogP contribution is 2.28. The Kier molecular flexibility index (Phi) is 4.65. The van der Waals surface area contributed by atoms with E-state index >= 15 is 0 Å². The van der Waals surface area contributed by atoms with Crippen LogP contribution >= 0.6 is 0 Å². The first kappa shape index (κ1) is 16.9. The standard InChI is InChI=1S/C20H19FN2O2/c1-12-9-15(21)10-16-18(25-3)11-17(23-19(12)16)20(24)22-13(2)14-7-5-4-6-8-14/h4-11,13H,1-3H3,(H,22,24)/t13-/m1/s1. The molecule has 0 radical (unpaired) electrons. The number of ether oxygens (including phenoxy) is 1. The number of aryl methyl sites for hydroxylation is 1. The summed E-state index contributed by atoms with van der Waals surface area (Å²) in [5, 5.41) is 3.48. The molecule has 2 aromatic carbocycles. The maximum atomic E-state index is 13.7. The topological polar surface area (TPSA) is 51.2 Å². The van der Waals surface area contributed by atoms with Gasteiger partial charge >= 0.3 is 0 Å². The Morgan fingerprint density at radius 3 is 2.60 bits per heavy atom. The number of benzene rings is 2. The van der Waals surface area contributed by atoms with E-state index in [-0.39, 0.29) is 23.5 Å². The van der Waals surface area contributed by atoms with Gasteiger partial charge in [-0.05, 0) is 37.1 Å². The Bertz CT molecular complexity index is 926. The van der Waals surface area contributed by atoms with Crippen LogP contribution in [0.1, 0.15) is 34.6 Å². The van der Waals surface area contributed by atoms with Crippen LogP contribution in [0.25, 0.3) is 10.9 Å². The summed E-state index contributed by atoms with van der Waals surface area (Å²) >= 11 is 0. The lowest BCUT2D eigenvalue weighted by atomic mass is 10.1. The molecule has 128 valence electrons. The second kappa shape index (κ2) is 6.89. The Hall–Kier alpha value is -2.95. The normalized spacial score (nSPS) is 12.0. The minimum absolute atomic E-state index is 0.161. The van der Waals surface area contributed by atoms with Gasteiger partial charge in [-0.2, -0.15) is 0 Å². The van der Waals surface area contributed by atoms with Crippen molar-refractivity contribution >= 4 is 16.8 Å². The lowest BCUT2D eigenvalue weighted by Crippen LogP contribution is -2.27. The number of carbonyl (C=O) groups excluding carboxylic acids is 1. The van der Waals surface area contributed by atoms with Gasteiger partial charge in [-0.1, -0.05) is 30.3 Å². The van der Waals surface area contributed by atoms with Crippen LogP contribution in [0.15, 0.2) is 48.5 Å². The summed E-state index contributed by atoms with van der Waals surface area (Å²) in [7, 11) is 1.49. The number of nitrogens with zero attached hydrogens (tertiary/aromatic N) is 1. The zero-order valence-electron chi connectivity index (χ0n) is 14.3. The van der Waals surface area contributed by atoms with Crippen LogP contribution in [-0.4, -0.2) is 18.0 Å². The molecule has 0 fully saturated rings. The lowest BCUT2D eigenvalue weighted by Gasteiger charge is -2.15. The number of methoxy groups -OCH3 is 1. The second-order valence-electron chi connectivity index (χ2n) is 5.93. The molecule has 5 heteroatoms. The number of fused-ring (bicyclic) bond motifs is 1. The molecule has 25 heavy (non-hydrogen) atoms. The number of nitrogens with one attached hydrogen (secondary N) is 1. The van der Waals surface area contributed by atoms with Gasteiger partial charge in [0.25, 0.3) is 5.91 Å². The van der Waals surface area contributed by atoms with Crippen molar-refractivity contribution in [3.63, 3.8) is 0 Å². The summed E-state index contributed by atoms with van der Waals surface area (Å²) in [6, 6.07) is 13.8. The van der Waals surface area contributed by atoms with Crippen LogP contribution in [0, 0.1) is 12.7 Å². The van der Waals surface area contributed by atoms with Gasteiger partial charge in [0.1, 0.15) is 17.3 Å². The molecule has 0 aliphatic heterocycles. The molecule has 1 aromatic heterocycles. The van der Waals surface area contributed by atoms with Crippen molar-refractivity contribution in [2.75, 3.05) is 7.11 Å². The zero-order valence-corrected chi connectivity index (χ0v) is 14.3. The van der Waals surface area contributed by atoms with Crippen LogP contribution < -0.4 is 10.1 Å². The maximum absolute atomic E-state index is 13.7. The van der Waals surface area contributed by atoms with Gasteiger partial charge in [0, 0.05) is 11.5 Å². The van der Waals surface area contributed by atoms with E-state index in [1.165, 1.54) is 25.3 Å². The summed E-state index contributed by atoms with van der Waals surface area (Å²) in [5.41, 5.74) is 2.45. The SMILES string of the molecule is COc1cc(C(=O)N[C@H](C)c2ccccc2)nc2c(C)cc(F)cc12. The first-order valence-electron chi connectivity index (χ1n) is 8.00. The van der Waals surface area contributed by atoms with Gasteiger partial charge in [-0.15, -0.1) is 0 Å². The van der Waals surface area contributed by atoms with E-state index in [1.54, 1.807) is 6.92 Å². The number of carbonyl (C=O) groups is 1. The fourth-order valence-corrected chi connectivity index (χ4v) is 2.81. The molecule has 1 N–H and O–H groups in total. The molecule has 0 spiro atoms. The molecule has 0 bridgehead atoms. The van der Waals surface area contributed by atoms with Crippen molar-refractivity contribution < 1.29 is 13.9 Å². The van der Waals surface area contributed by atoms with Crippen molar-refractivity contribution in [3.8, 4) is 5.75 Å². The van der Waals surface area contributed by atoms with Crippen LogP contribution in [0.4, 0.5) is 4.39 Å². The van der Waals surface area contributed by atoms with Crippen LogP contribution in [0.3, 0.4) is 0 Å². The summed E-state index contributed by atoms with van der Waals surface area (Å²) in [4.78, 5) is 17.0. The van der Waals surface area contributed by atoms with Gasteiger partial charge in [0.05, 0.1) is 18.7 Å². The van der Waals surface area contributed by atoms with E-state index in [4.69, 9.17) is 4.74 Å². The molecule has 3 rings (SSSR count). The molecule has 0 saturated heterocycles. The average Bonchev–Trinajstić information content (AvgIpc) is 2.61. The van der Waals surface area contributed by atoms with E-state index < -0.39 is 0 Å². The van der Waals surface area contributed by atoms with Crippen molar-refractivity contribution in [1.29, 1.82) is 0 Å². The molecule has 4 nitrogen and oxygen atoms in total. The smallest absolute Gasteiger partial charge is 0.270 e. The lowest BCUT2D eigenvalue weighted by molar-refractivity contribution is 0.0935. The van der Waals surface area contributed by atoms with Gasteiger partial charge < -0.3 is 10.1 Å². The van der Waals surface area contributed by atoms with E-state index in [1.807, 2.05) is 37.3 Å². The molecule has 1 atom stereocenters. The van der Waals surface area contributed by atoms with E-state index in [0.29, 0.717) is 22.2 Å². The molecule has 1 amide bonds. The fourth-order valence-electron chi connectivity index (χ4n) is 2.81. The molecule has 3 aromatic rings. The number of halogens is 1. The van der Waals surface area contributed by atoms with E-state index in [2.05, 4.69) is 10.3 Å². The predicted molar refractivity (Wildman–Crippen MR) is 95.3 cm³/mol. The highest BCUT2D eigenvalue weighted by molar-refractivity contribution is 5.98. The van der Waals surface area contributed by atoms with Gasteiger partial charge in [0.2, 0.25) is 0 Å². The molecule has 1 heterocycles. The third kappa shape index (κ3) is 3.45. The van der Waals surface area contributed by atoms with Crippen LogP contribution in [0.2, 0.25) is 0 Å². The molecule has 0 saturated carbocycles. The number of amides is 1. The quantitative estimate of drug-likeness (QED) is 0.776. The predicted octanol–water partition coefficient (Wildman–Crippen LogP) is 4.18. The third-order valence-corrected chi connectivity index (χ3v) is 4.13. The molecule has 0 unspecified atom stereocenters. The molecular weight excluding hydrogens is 319 g/mol. The number of rotatable bonds is 4. The van der Waals surface area contributed by atoms with Gasteiger partial charge in [-0.3, -0.25) is 4.79 Å². The van der Waals surface area contributed by atoms with Crippen molar-refractivity contribution in [2.45, 2.75) is 19.9 Å². The van der Waals surface area contributed by atoms with Crippen LogP contribution in [-0.2, 0) is 0 Å². The number of hydrogen-bond acceptors (Lipinski definition) is 3. The minimum Gasteiger partial charge on any atom is -0.496 e.